The number of nitrogens with zero attached hydrogens (tertiary/aromatic N) is 5. The zero-order valence-corrected chi connectivity index (χ0v) is 19.4. The van der Waals surface area contributed by atoms with Crippen LogP contribution in [0.15, 0.2) is 42.7 Å². The lowest BCUT2D eigenvalue weighted by Crippen LogP contribution is -2.44. The highest BCUT2D eigenvalue weighted by Crippen LogP contribution is 2.28. The number of fused-ring (bicyclic) bond motifs is 5. The van der Waals surface area contributed by atoms with Crippen molar-refractivity contribution in [2.24, 2.45) is 0 Å². The molecule has 2 amide bonds. The van der Waals surface area contributed by atoms with Crippen LogP contribution in [0.4, 0.5) is 0 Å². The zero-order chi connectivity index (χ0) is 24.6. The monoisotopic (exact) mass is 488 g/mol. The van der Waals surface area contributed by atoms with Gasteiger partial charge in [0.2, 0.25) is 0 Å². The second-order valence-electron chi connectivity index (χ2n) is 9.07. The molecule has 1 aliphatic carbocycles. The fourth-order valence-electron chi connectivity index (χ4n) is 4.98. The van der Waals surface area contributed by atoms with Crippen molar-refractivity contribution in [3.05, 3.63) is 70.8 Å². The average Bonchev–Trinajstić information content (AvgIpc) is 3.61. The summed E-state index contributed by atoms with van der Waals surface area (Å²) in [6, 6.07) is 8.18. The fourth-order valence-corrected chi connectivity index (χ4v) is 4.98. The van der Waals surface area contributed by atoms with E-state index in [1.165, 1.54) is 6.20 Å². The van der Waals surface area contributed by atoms with Crippen LogP contribution in [0.2, 0.25) is 0 Å². The SMILES string of the molecule is O=C1CCc2c1cccc2C(=O)N1C[C@@H]2NC(=O)c3ncccc3OCCn3cc(nn3)CO[C@H]2C1. The Hall–Kier alpha value is -4.12. The number of likely N-dealkylation sites (tertiary alicyclic amines) is 1. The largest absolute Gasteiger partial charge is 0.489 e. The van der Waals surface area contributed by atoms with Gasteiger partial charge in [-0.05, 0) is 30.2 Å². The van der Waals surface area contributed by atoms with Crippen molar-refractivity contribution in [1.82, 2.24) is 30.2 Å². The molecule has 1 fully saturated rings. The van der Waals surface area contributed by atoms with Crippen molar-refractivity contribution in [3.8, 4) is 5.75 Å². The summed E-state index contributed by atoms with van der Waals surface area (Å²) in [4.78, 5) is 44.8. The van der Waals surface area contributed by atoms with Crippen LogP contribution in [-0.2, 0) is 24.3 Å². The summed E-state index contributed by atoms with van der Waals surface area (Å²) in [5, 5.41) is 11.2. The molecule has 0 radical (unpaired) electrons. The molecule has 2 bridgehead atoms. The standard InChI is InChI=1S/C25H24N6O5/c32-20-7-6-16-17(20)3-1-4-18(16)25(34)30-12-19-22(13-30)36-14-15-11-31(29-28-15)9-10-35-21-5-2-8-26-23(21)24(33)27-19/h1-5,8,11,19,22H,6-7,9-10,12-14H2,(H,27,33)/t19-,22-/m0/s1. The summed E-state index contributed by atoms with van der Waals surface area (Å²) in [6.07, 6.45) is 3.82. The molecule has 0 spiro atoms. The van der Waals surface area contributed by atoms with Crippen molar-refractivity contribution >= 4 is 17.6 Å². The van der Waals surface area contributed by atoms with Crippen molar-refractivity contribution in [2.75, 3.05) is 19.7 Å². The van der Waals surface area contributed by atoms with Gasteiger partial charge < -0.3 is 19.7 Å². The van der Waals surface area contributed by atoms with E-state index in [2.05, 4.69) is 20.6 Å². The lowest BCUT2D eigenvalue weighted by atomic mass is 10.0. The molecule has 0 saturated carbocycles. The van der Waals surface area contributed by atoms with Gasteiger partial charge in [0.1, 0.15) is 12.3 Å². The minimum atomic E-state index is -0.479. The maximum atomic E-state index is 13.5. The Labute approximate surface area is 206 Å². The van der Waals surface area contributed by atoms with Gasteiger partial charge in [-0.2, -0.15) is 0 Å². The Bertz CT molecular complexity index is 1350. The Kier molecular flexibility index (Phi) is 5.68. The third-order valence-corrected chi connectivity index (χ3v) is 6.77. The molecule has 11 heteroatoms. The Morgan fingerprint density at radius 1 is 1.11 bits per heavy atom. The average molecular weight is 489 g/mol. The molecule has 1 N–H and O–H groups in total. The number of Topliss-reactive ketones (excluding diaryl/α,β-unsaturated/α-hetero) is 1. The molecule has 36 heavy (non-hydrogen) atoms. The van der Waals surface area contributed by atoms with Gasteiger partial charge in [-0.25, -0.2) is 9.67 Å². The van der Waals surface area contributed by atoms with Crippen LogP contribution in [0, 0.1) is 0 Å². The number of carbonyl (C=O) groups is 3. The van der Waals surface area contributed by atoms with E-state index >= 15 is 0 Å². The minimum absolute atomic E-state index is 0.0613. The van der Waals surface area contributed by atoms with Crippen molar-refractivity contribution in [1.29, 1.82) is 0 Å². The molecule has 0 unspecified atom stereocenters. The molecule has 3 aromatic rings. The lowest BCUT2D eigenvalue weighted by molar-refractivity contribution is 0.0290. The number of ketones is 1. The number of rotatable bonds is 1. The van der Waals surface area contributed by atoms with E-state index in [1.807, 2.05) is 0 Å². The van der Waals surface area contributed by atoms with Gasteiger partial charge >= 0.3 is 0 Å². The van der Waals surface area contributed by atoms with Crippen LogP contribution in [-0.4, -0.2) is 74.3 Å². The van der Waals surface area contributed by atoms with Crippen molar-refractivity contribution in [2.45, 2.75) is 38.1 Å². The zero-order valence-electron chi connectivity index (χ0n) is 19.4. The molecule has 2 aromatic heterocycles. The maximum absolute atomic E-state index is 13.5. The van der Waals surface area contributed by atoms with Gasteiger partial charge in [0.05, 0.1) is 31.5 Å². The Balaban J connectivity index is 1.29. The minimum Gasteiger partial charge on any atom is -0.489 e. The molecule has 2 aliphatic heterocycles. The van der Waals surface area contributed by atoms with Gasteiger partial charge in [-0.1, -0.05) is 17.3 Å². The summed E-state index contributed by atoms with van der Waals surface area (Å²) in [5.41, 5.74) is 2.75. The highest BCUT2D eigenvalue weighted by atomic mass is 16.5. The van der Waals surface area contributed by atoms with Crippen LogP contribution < -0.4 is 10.1 Å². The molecule has 184 valence electrons. The molecule has 11 nitrogen and oxygen atoms in total. The Morgan fingerprint density at radius 2 is 2.03 bits per heavy atom. The predicted octanol–water partition coefficient (Wildman–Crippen LogP) is 1.03. The van der Waals surface area contributed by atoms with Crippen LogP contribution in [0.3, 0.4) is 0 Å². The van der Waals surface area contributed by atoms with E-state index in [4.69, 9.17) is 9.47 Å². The van der Waals surface area contributed by atoms with E-state index in [9.17, 15) is 14.4 Å². The van der Waals surface area contributed by atoms with Gasteiger partial charge in [-0.3, -0.25) is 14.4 Å². The molecule has 1 aromatic carbocycles. The van der Waals surface area contributed by atoms with Gasteiger partial charge in [0.25, 0.3) is 11.8 Å². The molecule has 6 rings (SSSR count). The van der Waals surface area contributed by atoms with Gasteiger partial charge in [-0.15, -0.1) is 5.10 Å². The number of pyridine rings is 1. The second-order valence-corrected chi connectivity index (χ2v) is 9.07. The van der Waals surface area contributed by atoms with Crippen molar-refractivity contribution in [3.63, 3.8) is 0 Å². The summed E-state index contributed by atoms with van der Waals surface area (Å²) >= 11 is 0. The summed E-state index contributed by atoms with van der Waals surface area (Å²) < 4.78 is 13.6. The summed E-state index contributed by atoms with van der Waals surface area (Å²) in [5.74, 6) is -0.164. The third-order valence-electron chi connectivity index (χ3n) is 6.77. The highest BCUT2D eigenvalue weighted by Gasteiger charge is 2.39. The van der Waals surface area contributed by atoms with E-state index in [0.717, 1.165) is 5.56 Å². The second kappa shape index (κ2) is 9.15. The molecule has 4 heterocycles. The van der Waals surface area contributed by atoms with Crippen LogP contribution >= 0.6 is 0 Å². The van der Waals surface area contributed by atoms with E-state index in [-0.39, 0.29) is 43.7 Å². The normalized spacial score (nSPS) is 21.6. The predicted molar refractivity (Wildman–Crippen MR) is 125 cm³/mol. The molecular formula is C25H24N6O5. The number of ether oxygens (including phenoxy) is 2. The molecule has 1 saturated heterocycles. The third kappa shape index (κ3) is 4.11. The smallest absolute Gasteiger partial charge is 0.274 e. The summed E-state index contributed by atoms with van der Waals surface area (Å²) in [6.45, 7) is 1.45. The van der Waals surface area contributed by atoms with E-state index < -0.39 is 18.1 Å². The number of hydrogen-bond donors (Lipinski definition) is 1. The van der Waals surface area contributed by atoms with E-state index in [1.54, 1.807) is 46.1 Å². The van der Waals surface area contributed by atoms with Crippen molar-refractivity contribution < 1.29 is 23.9 Å². The molecular weight excluding hydrogens is 464 g/mol. The Morgan fingerprint density at radius 3 is 2.94 bits per heavy atom. The molecule has 3 aliphatic rings. The lowest BCUT2D eigenvalue weighted by Gasteiger charge is -2.20. The van der Waals surface area contributed by atoms with E-state index in [0.29, 0.717) is 42.0 Å². The number of hydrogen-bond acceptors (Lipinski definition) is 8. The number of nitrogens with one attached hydrogen (secondary N) is 1. The van der Waals surface area contributed by atoms with Crippen LogP contribution in [0.25, 0.3) is 0 Å². The summed E-state index contributed by atoms with van der Waals surface area (Å²) in [7, 11) is 0. The van der Waals surface area contributed by atoms with Crippen LogP contribution in [0.5, 0.6) is 5.75 Å². The first-order chi connectivity index (χ1) is 17.6. The first-order valence-electron chi connectivity index (χ1n) is 11.9. The topological polar surface area (TPSA) is 129 Å². The first kappa shape index (κ1) is 22.4. The first-order valence-corrected chi connectivity index (χ1v) is 11.9. The van der Waals surface area contributed by atoms with Crippen LogP contribution in [0.1, 0.15) is 48.9 Å². The number of amides is 2. The fraction of sp³-hybridized carbons (Fsp3) is 0.360. The molecule has 2 atom stereocenters. The highest BCUT2D eigenvalue weighted by molar-refractivity contribution is 6.05. The number of benzene rings is 1. The van der Waals surface area contributed by atoms with Gasteiger partial charge in [0.15, 0.2) is 17.2 Å². The number of aromatic nitrogens is 4. The number of carbonyl (C=O) groups excluding carboxylic acids is 3. The van der Waals surface area contributed by atoms with Gasteiger partial charge in [0, 0.05) is 36.8 Å². The maximum Gasteiger partial charge on any atom is 0.274 e. The quantitative estimate of drug-likeness (QED) is 0.538.